The summed E-state index contributed by atoms with van der Waals surface area (Å²) in [5.41, 5.74) is 0.0346. The normalized spacial score (nSPS) is 22.2. The molecule has 0 bridgehead atoms. The molecule has 1 N–H and O–H groups in total. The third kappa shape index (κ3) is 2.62. The Morgan fingerprint density at radius 1 is 1.41 bits per heavy atom. The maximum atomic E-state index is 13.5. The van der Waals surface area contributed by atoms with E-state index in [9.17, 15) is 8.78 Å². The minimum Gasteiger partial charge on any atom is -0.309 e. The fraction of sp³-hybridized carbons (Fsp3) is 0.462. The first-order valence-electron chi connectivity index (χ1n) is 5.77. The van der Waals surface area contributed by atoms with E-state index in [1.54, 1.807) is 6.07 Å². The maximum absolute atomic E-state index is 13.5. The van der Waals surface area contributed by atoms with E-state index in [1.165, 1.54) is 0 Å². The molecule has 4 heteroatoms. The molecule has 0 radical (unpaired) electrons. The average Bonchev–Trinajstić information content (AvgIpc) is 3.06. The van der Waals surface area contributed by atoms with E-state index in [2.05, 4.69) is 12.2 Å². The highest BCUT2D eigenvalue weighted by Crippen LogP contribution is 2.33. The number of benzene rings is 1. The minimum atomic E-state index is -0.650. The molecule has 1 aliphatic carbocycles. The fourth-order valence-electron chi connectivity index (χ4n) is 2.02. The minimum absolute atomic E-state index is 0.0154. The van der Waals surface area contributed by atoms with Crippen molar-refractivity contribution in [2.45, 2.75) is 32.4 Å². The van der Waals surface area contributed by atoms with Crippen molar-refractivity contribution in [3.8, 4) is 6.07 Å². The molecule has 1 fully saturated rings. The van der Waals surface area contributed by atoms with Crippen LogP contribution >= 0.6 is 0 Å². The lowest BCUT2D eigenvalue weighted by atomic mass is 10.1. The van der Waals surface area contributed by atoms with Gasteiger partial charge in [-0.1, -0.05) is 13.3 Å². The van der Waals surface area contributed by atoms with Crippen LogP contribution in [0.15, 0.2) is 12.1 Å². The summed E-state index contributed by atoms with van der Waals surface area (Å²) in [6, 6.07) is 4.26. The molecule has 1 aliphatic rings. The van der Waals surface area contributed by atoms with Gasteiger partial charge in [0.25, 0.3) is 0 Å². The lowest BCUT2D eigenvalue weighted by Crippen LogP contribution is -2.19. The van der Waals surface area contributed by atoms with Gasteiger partial charge in [-0.25, -0.2) is 8.78 Å². The molecular weight excluding hydrogens is 222 g/mol. The molecule has 2 atom stereocenters. The van der Waals surface area contributed by atoms with Gasteiger partial charge < -0.3 is 5.32 Å². The second-order valence-electron chi connectivity index (χ2n) is 4.42. The van der Waals surface area contributed by atoms with Crippen LogP contribution < -0.4 is 5.32 Å². The van der Waals surface area contributed by atoms with Crippen molar-refractivity contribution in [3.05, 3.63) is 34.9 Å². The monoisotopic (exact) mass is 236 g/mol. The van der Waals surface area contributed by atoms with Gasteiger partial charge in [-0.15, -0.1) is 0 Å². The molecular formula is C13H14F2N2. The molecule has 2 unspecified atom stereocenters. The van der Waals surface area contributed by atoms with E-state index in [0.29, 0.717) is 12.0 Å². The number of hydrogen-bond acceptors (Lipinski definition) is 2. The van der Waals surface area contributed by atoms with Crippen LogP contribution in [0, 0.1) is 28.9 Å². The van der Waals surface area contributed by atoms with Gasteiger partial charge in [0.05, 0.1) is 11.6 Å². The Balaban J connectivity index is 2.04. The Morgan fingerprint density at radius 2 is 2.06 bits per heavy atom. The van der Waals surface area contributed by atoms with E-state index in [-0.39, 0.29) is 17.7 Å². The van der Waals surface area contributed by atoms with Crippen molar-refractivity contribution in [1.29, 1.82) is 5.26 Å². The molecule has 0 aromatic heterocycles. The summed E-state index contributed by atoms with van der Waals surface area (Å²) in [6.45, 7) is 2.29. The molecule has 0 spiro atoms. The van der Waals surface area contributed by atoms with Gasteiger partial charge in [0.2, 0.25) is 0 Å². The second-order valence-corrected chi connectivity index (χ2v) is 4.42. The molecule has 0 amide bonds. The lowest BCUT2D eigenvalue weighted by Gasteiger charge is -2.07. The van der Waals surface area contributed by atoms with Crippen molar-refractivity contribution in [2.24, 2.45) is 5.92 Å². The van der Waals surface area contributed by atoms with Gasteiger partial charge in [-0.05, 0) is 24.5 Å². The average molecular weight is 236 g/mol. The quantitative estimate of drug-likeness (QED) is 0.872. The number of nitrogens with zero attached hydrogens (tertiary/aromatic N) is 1. The summed E-state index contributed by atoms with van der Waals surface area (Å²) in [6.07, 6.45) is 2.17. The first-order valence-corrected chi connectivity index (χ1v) is 5.77. The zero-order valence-corrected chi connectivity index (χ0v) is 9.63. The van der Waals surface area contributed by atoms with Crippen LogP contribution in [0.1, 0.15) is 30.9 Å². The molecule has 17 heavy (non-hydrogen) atoms. The Labute approximate surface area is 99.3 Å². The zero-order chi connectivity index (χ0) is 12.4. The summed E-state index contributed by atoms with van der Waals surface area (Å²) in [5, 5.41) is 11.7. The van der Waals surface area contributed by atoms with Crippen LogP contribution in [0.4, 0.5) is 8.78 Å². The zero-order valence-electron chi connectivity index (χ0n) is 9.63. The highest BCUT2D eigenvalue weighted by Gasteiger charge is 2.34. The summed E-state index contributed by atoms with van der Waals surface area (Å²) in [4.78, 5) is 0. The van der Waals surface area contributed by atoms with Crippen LogP contribution in [0.25, 0.3) is 0 Å². The van der Waals surface area contributed by atoms with Crippen LogP contribution in [-0.4, -0.2) is 6.04 Å². The highest BCUT2D eigenvalue weighted by atomic mass is 19.1. The van der Waals surface area contributed by atoms with E-state index in [4.69, 9.17) is 5.26 Å². The number of halogens is 2. The highest BCUT2D eigenvalue weighted by molar-refractivity contribution is 5.34. The first-order chi connectivity index (χ1) is 8.15. The Kier molecular flexibility index (Phi) is 3.39. The Morgan fingerprint density at radius 3 is 2.53 bits per heavy atom. The third-order valence-corrected chi connectivity index (χ3v) is 3.26. The summed E-state index contributed by atoms with van der Waals surface area (Å²) in [7, 11) is 0. The van der Waals surface area contributed by atoms with Crippen LogP contribution in [0.2, 0.25) is 0 Å². The molecule has 2 rings (SSSR count). The van der Waals surface area contributed by atoms with Crippen LogP contribution in [0.3, 0.4) is 0 Å². The van der Waals surface area contributed by atoms with Gasteiger partial charge in [0.1, 0.15) is 11.6 Å². The summed E-state index contributed by atoms with van der Waals surface area (Å²) < 4.78 is 27.0. The smallest absolute Gasteiger partial charge is 0.131 e. The molecule has 1 saturated carbocycles. The molecule has 0 aliphatic heterocycles. The molecule has 1 aromatic carbocycles. The third-order valence-electron chi connectivity index (χ3n) is 3.26. The Hall–Kier alpha value is -1.47. The molecule has 0 saturated heterocycles. The van der Waals surface area contributed by atoms with Gasteiger partial charge in [-0.3, -0.25) is 0 Å². The SMILES string of the molecule is CCC1CC1NCc1c(F)cc(C#N)cc1F. The van der Waals surface area contributed by atoms with Crippen LogP contribution in [-0.2, 0) is 6.54 Å². The standard InChI is InChI=1S/C13H14F2N2/c1-2-9-5-13(9)17-7-10-11(14)3-8(6-16)4-12(10)15/h3-4,9,13,17H,2,5,7H2,1H3. The van der Waals surface area contributed by atoms with E-state index >= 15 is 0 Å². The van der Waals surface area contributed by atoms with E-state index in [0.717, 1.165) is 25.0 Å². The second kappa shape index (κ2) is 4.80. The van der Waals surface area contributed by atoms with Gasteiger partial charge in [0, 0.05) is 18.2 Å². The van der Waals surface area contributed by atoms with Crippen molar-refractivity contribution >= 4 is 0 Å². The predicted molar refractivity (Wildman–Crippen MR) is 60.1 cm³/mol. The molecule has 90 valence electrons. The number of nitriles is 1. The topological polar surface area (TPSA) is 35.8 Å². The van der Waals surface area contributed by atoms with E-state index in [1.807, 2.05) is 0 Å². The van der Waals surface area contributed by atoms with Crippen molar-refractivity contribution in [1.82, 2.24) is 5.32 Å². The summed E-state index contributed by atoms with van der Waals surface area (Å²) >= 11 is 0. The number of rotatable bonds is 4. The molecule has 2 nitrogen and oxygen atoms in total. The lowest BCUT2D eigenvalue weighted by molar-refractivity contribution is 0.527. The van der Waals surface area contributed by atoms with Gasteiger partial charge >= 0.3 is 0 Å². The predicted octanol–water partition coefficient (Wildman–Crippen LogP) is 2.72. The molecule has 0 heterocycles. The van der Waals surface area contributed by atoms with Crippen molar-refractivity contribution < 1.29 is 8.78 Å². The molecule has 1 aromatic rings. The summed E-state index contributed by atoms with van der Waals surface area (Å²) in [5.74, 6) is -0.662. The van der Waals surface area contributed by atoms with Crippen LogP contribution in [0.5, 0.6) is 0 Å². The maximum Gasteiger partial charge on any atom is 0.131 e. The van der Waals surface area contributed by atoms with E-state index < -0.39 is 11.6 Å². The number of nitrogens with one attached hydrogen (secondary N) is 1. The fourth-order valence-corrected chi connectivity index (χ4v) is 2.02. The van der Waals surface area contributed by atoms with Crippen molar-refractivity contribution in [2.75, 3.05) is 0 Å². The van der Waals surface area contributed by atoms with Gasteiger partial charge in [-0.2, -0.15) is 5.26 Å². The Bertz CT molecular complexity index is 442. The number of hydrogen-bond donors (Lipinski definition) is 1. The first kappa shape index (κ1) is 12.0. The largest absolute Gasteiger partial charge is 0.309 e. The van der Waals surface area contributed by atoms with Gasteiger partial charge in [0.15, 0.2) is 0 Å². The van der Waals surface area contributed by atoms with Crippen molar-refractivity contribution in [3.63, 3.8) is 0 Å².